The molecule has 0 aliphatic rings. The van der Waals surface area contributed by atoms with Crippen molar-refractivity contribution in [3.63, 3.8) is 0 Å². The number of carbonyl (C=O) groups is 1. The lowest BCUT2D eigenvalue weighted by atomic mass is 10.1. The van der Waals surface area contributed by atoms with Gasteiger partial charge in [-0.15, -0.1) is 0 Å². The van der Waals surface area contributed by atoms with Crippen LogP contribution in [0.5, 0.6) is 5.75 Å². The molecule has 21 heavy (non-hydrogen) atoms. The highest BCUT2D eigenvalue weighted by Gasteiger charge is 2.15. The maximum absolute atomic E-state index is 14.0. The first-order chi connectivity index (χ1) is 9.99. The number of anilines is 1. The number of benzene rings is 2. The van der Waals surface area contributed by atoms with Crippen molar-refractivity contribution in [2.24, 2.45) is 0 Å². The standard InChI is InChI=1S/C15H13BrFNO3/c16-13-11(15(20)21)5-6-12(14(13)17)18-8-7-9-1-3-10(19)4-2-9/h1-6,18-19H,7-8H2,(H,20,21). The van der Waals surface area contributed by atoms with E-state index in [9.17, 15) is 14.3 Å². The van der Waals surface area contributed by atoms with Crippen molar-refractivity contribution in [1.82, 2.24) is 0 Å². The van der Waals surface area contributed by atoms with Crippen molar-refractivity contribution < 1.29 is 19.4 Å². The highest BCUT2D eigenvalue weighted by molar-refractivity contribution is 9.10. The van der Waals surface area contributed by atoms with Gasteiger partial charge < -0.3 is 15.5 Å². The molecule has 0 fully saturated rings. The molecule has 0 saturated carbocycles. The number of carboxylic acid groups (broad SMARTS) is 1. The predicted octanol–water partition coefficient (Wildman–Crippen LogP) is 3.65. The number of phenols is 1. The quantitative estimate of drug-likeness (QED) is 0.767. The Morgan fingerprint density at radius 3 is 2.48 bits per heavy atom. The summed E-state index contributed by atoms with van der Waals surface area (Å²) >= 11 is 2.95. The maximum atomic E-state index is 14.0. The van der Waals surface area contributed by atoms with Crippen LogP contribution in [0.15, 0.2) is 40.9 Å². The molecule has 0 saturated heterocycles. The van der Waals surface area contributed by atoms with Crippen molar-refractivity contribution >= 4 is 27.6 Å². The van der Waals surface area contributed by atoms with Crippen molar-refractivity contribution in [1.29, 1.82) is 0 Å². The second kappa shape index (κ2) is 6.58. The minimum atomic E-state index is -1.18. The molecular weight excluding hydrogens is 341 g/mol. The summed E-state index contributed by atoms with van der Waals surface area (Å²) in [5.41, 5.74) is 1.13. The van der Waals surface area contributed by atoms with E-state index in [0.717, 1.165) is 5.56 Å². The van der Waals surface area contributed by atoms with Crippen molar-refractivity contribution in [3.05, 3.63) is 57.8 Å². The van der Waals surface area contributed by atoms with Gasteiger partial charge in [-0.25, -0.2) is 9.18 Å². The number of aromatic carboxylic acids is 1. The molecule has 2 rings (SSSR count). The molecular formula is C15H13BrFNO3. The molecule has 0 heterocycles. The average Bonchev–Trinajstić information content (AvgIpc) is 2.45. The van der Waals surface area contributed by atoms with E-state index in [-0.39, 0.29) is 21.5 Å². The van der Waals surface area contributed by atoms with Gasteiger partial charge in [0.1, 0.15) is 5.75 Å². The summed E-state index contributed by atoms with van der Waals surface area (Å²) in [6, 6.07) is 9.51. The van der Waals surface area contributed by atoms with Gasteiger partial charge in [-0.2, -0.15) is 0 Å². The van der Waals surface area contributed by atoms with E-state index in [1.807, 2.05) is 0 Å². The van der Waals surface area contributed by atoms with Crippen molar-refractivity contribution in [3.8, 4) is 5.75 Å². The van der Waals surface area contributed by atoms with E-state index >= 15 is 0 Å². The lowest BCUT2D eigenvalue weighted by molar-refractivity contribution is 0.0695. The summed E-state index contributed by atoms with van der Waals surface area (Å²) in [5.74, 6) is -1.61. The number of nitrogens with one attached hydrogen (secondary N) is 1. The van der Waals surface area contributed by atoms with Gasteiger partial charge in [0, 0.05) is 6.54 Å². The van der Waals surface area contributed by atoms with Crippen LogP contribution in [0.4, 0.5) is 10.1 Å². The zero-order chi connectivity index (χ0) is 15.4. The van der Waals surface area contributed by atoms with Crippen LogP contribution in [-0.2, 0) is 6.42 Å². The van der Waals surface area contributed by atoms with E-state index < -0.39 is 11.8 Å². The van der Waals surface area contributed by atoms with Crippen LogP contribution in [0, 0.1) is 5.82 Å². The van der Waals surface area contributed by atoms with Gasteiger partial charge in [0.15, 0.2) is 5.82 Å². The predicted molar refractivity (Wildman–Crippen MR) is 81.4 cm³/mol. The van der Waals surface area contributed by atoms with Crippen LogP contribution in [0.2, 0.25) is 0 Å². The largest absolute Gasteiger partial charge is 0.508 e. The Balaban J connectivity index is 2.02. The highest BCUT2D eigenvalue weighted by Crippen LogP contribution is 2.27. The van der Waals surface area contributed by atoms with Crippen LogP contribution < -0.4 is 5.32 Å². The van der Waals surface area contributed by atoms with E-state index in [4.69, 9.17) is 5.11 Å². The van der Waals surface area contributed by atoms with Gasteiger partial charge in [-0.3, -0.25) is 0 Å². The lowest BCUT2D eigenvalue weighted by Gasteiger charge is -2.10. The zero-order valence-electron chi connectivity index (χ0n) is 10.9. The summed E-state index contributed by atoms with van der Waals surface area (Å²) in [5, 5.41) is 21.0. The normalized spacial score (nSPS) is 10.4. The van der Waals surface area contributed by atoms with Crippen molar-refractivity contribution in [2.45, 2.75) is 6.42 Å². The third-order valence-electron chi connectivity index (χ3n) is 2.98. The maximum Gasteiger partial charge on any atom is 0.336 e. The molecule has 0 spiro atoms. The Labute approximate surface area is 129 Å². The summed E-state index contributed by atoms with van der Waals surface area (Å²) < 4.78 is 13.9. The second-order valence-electron chi connectivity index (χ2n) is 4.44. The third-order valence-corrected chi connectivity index (χ3v) is 3.75. The zero-order valence-corrected chi connectivity index (χ0v) is 12.5. The minimum Gasteiger partial charge on any atom is -0.508 e. The fourth-order valence-corrected chi connectivity index (χ4v) is 2.37. The molecule has 0 radical (unpaired) electrons. The molecule has 110 valence electrons. The number of carboxylic acids is 1. The average molecular weight is 354 g/mol. The van der Waals surface area contributed by atoms with Crippen LogP contribution in [0.1, 0.15) is 15.9 Å². The van der Waals surface area contributed by atoms with E-state index in [2.05, 4.69) is 21.2 Å². The van der Waals surface area contributed by atoms with Gasteiger partial charge in [-0.05, 0) is 52.2 Å². The molecule has 0 unspecified atom stereocenters. The molecule has 3 N–H and O–H groups in total. The monoisotopic (exact) mass is 353 g/mol. The van der Waals surface area contributed by atoms with Gasteiger partial charge in [0.05, 0.1) is 15.7 Å². The van der Waals surface area contributed by atoms with Gasteiger partial charge >= 0.3 is 5.97 Å². The van der Waals surface area contributed by atoms with E-state index in [1.54, 1.807) is 24.3 Å². The molecule has 2 aromatic rings. The fourth-order valence-electron chi connectivity index (χ4n) is 1.86. The Morgan fingerprint density at radius 1 is 1.19 bits per heavy atom. The first-order valence-electron chi connectivity index (χ1n) is 6.22. The Morgan fingerprint density at radius 2 is 1.86 bits per heavy atom. The molecule has 0 aliphatic carbocycles. The number of rotatable bonds is 5. The number of halogens is 2. The van der Waals surface area contributed by atoms with Crippen LogP contribution in [-0.4, -0.2) is 22.7 Å². The second-order valence-corrected chi connectivity index (χ2v) is 5.23. The number of phenolic OH excluding ortho intramolecular Hbond substituents is 1. The molecule has 0 aliphatic heterocycles. The Hall–Kier alpha value is -2.08. The Kier molecular flexibility index (Phi) is 4.80. The van der Waals surface area contributed by atoms with Gasteiger partial charge in [0.25, 0.3) is 0 Å². The molecule has 0 amide bonds. The summed E-state index contributed by atoms with van der Waals surface area (Å²) in [4.78, 5) is 10.9. The van der Waals surface area contributed by atoms with Crippen LogP contribution in [0.3, 0.4) is 0 Å². The first kappa shape index (κ1) is 15.3. The minimum absolute atomic E-state index is 0.0652. The summed E-state index contributed by atoms with van der Waals surface area (Å²) in [7, 11) is 0. The summed E-state index contributed by atoms with van der Waals surface area (Å²) in [6.45, 7) is 0.487. The number of hydrogen-bond donors (Lipinski definition) is 3. The van der Waals surface area contributed by atoms with Crippen LogP contribution in [0.25, 0.3) is 0 Å². The number of aromatic hydroxyl groups is 1. The molecule has 0 bridgehead atoms. The molecule has 4 nitrogen and oxygen atoms in total. The first-order valence-corrected chi connectivity index (χ1v) is 7.01. The topological polar surface area (TPSA) is 69.6 Å². The fraction of sp³-hybridized carbons (Fsp3) is 0.133. The number of hydrogen-bond acceptors (Lipinski definition) is 3. The van der Waals surface area contributed by atoms with E-state index in [1.165, 1.54) is 12.1 Å². The summed E-state index contributed by atoms with van der Waals surface area (Å²) in [6.07, 6.45) is 0.651. The smallest absolute Gasteiger partial charge is 0.336 e. The van der Waals surface area contributed by atoms with Crippen LogP contribution >= 0.6 is 15.9 Å². The van der Waals surface area contributed by atoms with E-state index in [0.29, 0.717) is 13.0 Å². The lowest BCUT2D eigenvalue weighted by Crippen LogP contribution is -2.08. The molecule has 0 aromatic heterocycles. The van der Waals surface area contributed by atoms with Gasteiger partial charge in [-0.1, -0.05) is 12.1 Å². The van der Waals surface area contributed by atoms with Crippen molar-refractivity contribution in [2.75, 3.05) is 11.9 Å². The molecule has 0 atom stereocenters. The third kappa shape index (κ3) is 3.72. The highest BCUT2D eigenvalue weighted by atomic mass is 79.9. The molecule has 6 heteroatoms. The molecule has 2 aromatic carbocycles. The SMILES string of the molecule is O=C(O)c1ccc(NCCc2ccc(O)cc2)c(F)c1Br. The Bertz CT molecular complexity index is 659. The van der Waals surface area contributed by atoms with Gasteiger partial charge in [0.2, 0.25) is 0 Å².